The van der Waals surface area contributed by atoms with Crippen molar-refractivity contribution in [3.8, 4) is 0 Å². The van der Waals surface area contributed by atoms with Crippen LogP contribution in [0.2, 0.25) is 0 Å². The minimum Gasteiger partial charge on any atom is -0.388 e. The summed E-state index contributed by atoms with van der Waals surface area (Å²) in [5.74, 6) is 0.783. The molecule has 0 aliphatic carbocycles. The summed E-state index contributed by atoms with van der Waals surface area (Å²) in [5, 5.41) is 9.77. The summed E-state index contributed by atoms with van der Waals surface area (Å²) in [6, 6.07) is 9.02. The lowest BCUT2D eigenvalue weighted by molar-refractivity contribution is 0.173. The van der Waals surface area contributed by atoms with Crippen molar-refractivity contribution in [2.24, 2.45) is 5.92 Å². The predicted octanol–water partition coefficient (Wildman–Crippen LogP) is 3.36. The van der Waals surface area contributed by atoms with E-state index in [-0.39, 0.29) is 6.10 Å². The fourth-order valence-electron chi connectivity index (χ4n) is 2.78. The Balaban J connectivity index is 2.13. The molecular formula is C15H23NO. The summed E-state index contributed by atoms with van der Waals surface area (Å²) in [6.07, 6.45) is 1.73. The van der Waals surface area contributed by atoms with Crippen LogP contribution in [0, 0.1) is 5.92 Å². The number of hydrogen-bond acceptors (Lipinski definition) is 2. The van der Waals surface area contributed by atoms with Gasteiger partial charge < -0.3 is 10.0 Å². The van der Waals surface area contributed by atoms with Crippen molar-refractivity contribution in [1.29, 1.82) is 0 Å². The largest absolute Gasteiger partial charge is 0.388 e. The van der Waals surface area contributed by atoms with Crippen LogP contribution >= 0.6 is 0 Å². The SMILES string of the molecule is CC[C@@H](O)c1ccc(N2CC(C)CC2C)cc1. The highest BCUT2D eigenvalue weighted by Crippen LogP contribution is 2.29. The van der Waals surface area contributed by atoms with Gasteiger partial charge in [0.1, 0.15) is 0 Å². The molecule has 2 heteroatoms. The second kappa shape index (κ2) is 5.09. The number of aliphatic hydroxyl groups excluding tert-OH is 1. The fraction of sp³-hybridized carbons (Fsp3) is 0.600. The lowest BCUT2D eigenvalue weighted by atomic mass is 10.1. The standard InChI is InChI=1S/C15H23NO/c1-4-15(17)13-5-7-14(8-6-13)16-10-11(2)9-12(16)3/h5-8,11-12,15,17H,4,9-10H2,1-3H3/t11?,12?,15-/m1/s1. The van der Waals surface area contributed by atoms with Crippen LogP contribution in [-0.4, -0.2) is 17.7 Å². The third-order valence-electron chi connectivity index (χ3n) is 3.78. The third-order valence-corrected chi connectivity index (χ3v) is 3.78. The molecule has 1 heterocycles. The predicted molar refractivity (Wildman–Crippen MR) is 72.3 cm³/mol. The van der Waals surface area contributed by atoms with E-state index in [2.05, 4.69) is 43.0 Å². The minimum absolute atomic E-state index is 0.320. The maximum absolute atomic E-state index is 9.77. The Hall–Kier alpha value is -1.02. The first kappa shape index (κ1) is 12.4. The Bertz CT molecular complexity index is 360. The van der Waals surface area contributed by atoms with E-state index < -0.39 is 0 Å². The van der Waals surface area contributed by atoms with E-state index in [0.29, 0.717) is 6.04 Å². The molecule has 0 amide bonds. The summed E-state index contributed by atoms with van der Waals surface area (Å²) < 4.78 is 0. The number of nitrogens with zero attached hydrogens (tertiary/aromatic N) is 1. The van der Waals surface area contributed by atoms with Crippen molar-refractivity contribution in [3.05, 3.63) is 29.8 Å². The van der Waals surface area contributed by atoms with Crippen LogP contribution in [0.5, 0.6) is 0 Å². The van der Waals surface area contributed by atoms with Crippen molar-refractivity contribution >= 4 is 5.69 Å². The van der Waals surface area contributed by atoms with Crippen LogP contribution in [0.3, 0.4) is 0 Å². The molecule has 3 atom stereocenters. The lowest BCUT2D eigenvalue weighted by Crippen LogP contribution is -2.26. The molecule has 1 saturated heterocycles. The zero-order valence-corrected chi connectivity index (χ0v) is 11.1. The Morgan fingerprint density at radius 3 is 2.41 bits per heavy atom. The molecule has 1 aromatic carbocycles. The Kier molecular flexibility index (Phi) is 3.72. The maximum atomic E-state index is 9.77. The van der Waals surface area contributed by atoms with E-state index in [0.717, 1.165) is 24.4 Å². The zero-order chi connectivity index (χ0) is 12.4. The highest BCUT2D eigenvalue weighted by molar-refractivity contribution is 5.49. The zero-order valence-electron chi connectivity index (χ0n) is 11.1. The second-order valence-electron chi connectivity index (χ2n) is 5.36. The maximum Gasteiger partial charge on any atom is 0.0787 e. The van der Waals surface area contributed by atoms with Crippen molar-refractivity contribution in [2.75, 3.05) is 11.4 Å². The molecule has 1 aromatic rings. The molecule has 2 nitrogen and oxygen atoms in total. The number of benzene rings is 1. The van der Waals surface area contributed by atoms with E-state index in [1.54, 1.807) is 0 Å². The smallest absolute Gasteiger partial charge is 0.0787 e. The molecule has 0 spiro atoms. The normalized spacial score (nSPS) is 26.2. The number of aliphatic hydroxyl groups is 1. The van der Waals surface area contributed by atoms with Gasteiger partial charge in [-0.05, 0) is 43.4 Å². The molecule has 94 valence electrons. The Labute approximate surface area is 104 Å². The van der Waals surface area contributed by atoms with Gasteiger partial charge in [-0.25, -0.2) is 0 Å². The van der Waals surface area contributed by atoms with Gasteiger partial charge in [-0.15, -0.1) is 0 Å². The molecule has 17 heavy (non-hydrogen) atoms. The average molecular weight is 233 g/mol. The molecular weight excluding hydrogens is 210 g/mol. The lowest BCUT2D eigenvalue weighted by Gasteiger charge is -2.24. The summed E-state index contributed by atoms with van der Waals surface area (Å²) in [4.78, 5) is 2.47. The molecule has 2 rings (SSSR count). The first-order chi connectivity index (χ1) is 8.11. The number of hydrogen-bond donors (Lipinski definition) is 1. The minimum atomic E-state index is -0.320. The van der Waals surface area contributed by atoms with Crippen LogP contribution in [0.1, 0.15) is 45.3 Å². The molecule has 1 aliphatic heterocycles. The summed E-state index contributed by atoms with van der Waals surface area (Å²) in [5.41, 5.74) is 2.31. The van der Waals surface area contributed by atoms with Gasteiger partial charge in [0.05, 0.1) is 6.10 Å². The van der Waals surface area contributed by atoms with Gasteiger partial charge >= 0.3 is 0 Å². The Morgan fingerprint density at radius 1 is 1.29 bits per heavy atom. The summed E-state index contributed by atoms with van der Waals surface area (Å²) >= 11 is 0. The molecule has 2 unspecified atom stereocenters. The monoisotopic (exact) mass is 233 g/mol. The quantitative estimate of drug-likeness (QED) is 0.865. The Morgan fingerprint density at radius 2 is 1.94 bits per heavy atom. The van der Waals surface area contributed by atoms with Crippen molar-refractivity contribution in [1.82, 2.24) is 0 Å². The highest BCUT2D eigenvalue weighted by Gasteiger charge is 2.26. The van der Waals surface area contributed by atoms with Gasteiger partial charge in [-0.1, -0.05) is 26.0 Å². The summed E-state index contributed by atoms with van der Waals surface area (Å²) in [6.45, 7) is 7.75. The van der Waals surface area contributed by atoms with Gasteiger partial charge in [0, 0.05) is 18.3 Å². The number of rotatable bonds is 3. The molecule has 1 N–H and O–H groups in total. The molecule has 0 aromatic heterocycles. The van der Waals surface area contributed by atoms with Gasteiger partial charge in [0.2, 0.25) is 0 Å². The van der Waals surface area contributed by atoms with Crippen molar-refractivity contribution < 1.29 is 5.11 Å². The number of anilines is 1. The molecule has 1 aliphatic rings. The topological polar surface area (TPSA) is 23.5 Å². The second-order valence-corrected chi connectivity index (χ2v) is 5.36. The first-order valence-electron chi connectivity index (χ1n) is 6.66. The van der Waals surface area contributed by atoms with Crippen LogP contribution in [0.25, 0.3) is 0 Å². The third kappa shape index (κ3) is 2.63. The van der Waals surface area contributed by atoms with Crippen LogP contribution in [-0.2, 0) is 0 Å². The molecule has 0 saturated carbocycles. The average Bonchev–Trinajstić information content (AvgIpc) is 2.68. The van der Waals surface area contributed by atoms with Gasteiger partial charge in [0.25, 0.3) is 0 Å². The first-order valence-corrected chi connectivity index (χ1v) is 6.66. The molecule has 0 bridgehead atoms. The van der Waals surface area contributed by atoms with E-state index in [1.165, 1.54) is 12.1 Å². The molecule has 1 fully saturated rings. The fourth-order valence-corrected chi connectivity index (χ4v) is 2.78. The molecule has 0 radical (unpaired) electrons. The van der Waals surface area contributed by atoms with Gasteiger partial charge in [-0.2, -0.15) is 0 Å². The van der Waals surface area contributed by atoms with Crippen molar-refractivity contribution in [3.63, 3.8) is 0 Å². The van der Waals surface area contributed by atoms with E-state index in [4.69, 9.17) is 0 Å². The summed E-state index contributed by atoms with van der Waals surface area (Å²) in [7, 11) is 0. The highest BCUT2D eigenvalue weighted by atomic mass is 16.3. The van der Waals surface area contributed by atoms with Gasteiger partial charge in [0.15, 0.2) is 0 Å². The van der Waals surface area contributed by atoms with Gasteiger partial charge in [-0.3, -0.25) is 0 Å². The van der Waals surface area contributed by atoms with E-state index in [1.807, 2.05) is 6.92 Å². The van der Waals surface area contributed by atoms with Crippen LogP contribution in [0.4, 0.5) is 5.69 Å². The van der Waals surface area contributed by atoms with Crippen molar-refractivity contribution in [2.45, 2.75) is 45.8 Å². The van der Waals surface area contributed by atoms with Crippen LogP contribution < -0.4 is 4.90 Å². The van der Waals surface area contributed by atoms with Crippen LogP contribution in [0.15, 0.2) is 24.3 Å². The van der Waals surface area contributed by atoms with E-state index >= 15 is 0 Å². The van der Waals surface area contributed by atoms with E-state index in [9.17, 15) is 5.11 Å².